The summed E-state index contributed by atoms with van der Waals surface area (Å²) in [5, 5.41) is 4.09. The van der Waals surface area contributed by atoms with Crippen molar-refractivity contribution in [1.82, 2.24) is 19.6 Å². The number of aromatic nitrogens is 4. The summed E-state index contributed by atoms with van der Waals surface area (Å²) in [7, 11) is 1.63. The van der Waals surface area contributed by atoms with Gasteiger partial charge in [0.05, 0.1) is 24.9 Å². The molecule has 6 nitrogen and oxygen atoms in total. The molecule has 0 spiro atoms. The highest BCUT2D eigenvalue weighted by Gasteiger charge is 2.33. The van der Waals surface area contributed by atoms with E-state index in [1.807, 2.05) is 0 Å². The van der Waals surface area contributed by atoms with Crippen LogP contribution in [0, 0.1) is 0 Å². The third-order valence-corrected chi connectivity index (χ3v) is 2.91. The summed E-state index contributed by atoms with van der Waals surface area (Å²) in [5.74, 6) is -0.105. The van der Waals surface area contributed by atoms with E-state index < -0.39 is 17.0 Å². The molecule has 2 aromatic rings. The van der Waals surface area contributed by atoms with Gasteiger partial charge in [0.2, 0.25) is 0 Å². The van der Waals surface area contributed by atoms with E-state index in [2.05, 4.69) is 10.2 Å². The fourth-order valence-corrected chi connectivity index (χ4v) is 1.91. The Morgan fingerprint density at radius 1 is 1.52 bits per heavy atom. The Morgan fingerprint density at radius 2 is 2.24 bits per heavy atom. The maximum Gasteiger partial charge on any atom is 0.366 e. The molecule has 0 bridgehead atoms. The van der Waals surface area contributed by atoms with E-state index >= 15 is 0 Å². The van der Waals surface area contributed by atoms with Crippen LogP contribution in [0.2, 0.25) is 0 Å². The molecule has 2 heterocycles. The lowest BCUT2D eigenvalue weighted by Crippen LogP contribution is -2.14. The molecule has 0 radical (unpaired) electrons. The lowest BCUT2D eigenvalue weighted by molar-refractivity contribution is -0.142. The molecule has 114 valence electrons. The minimum absolute atomic E-state index is 0.195. The molecular formula is C12H13ClF2N4O2. The van der Waals surface area contributed by atoms with E-state index in [0.717, 1.165) is 6.07 Å². The van der Waals surface area contributed by atoms with Gasteiger partial charge in [-0.05, 0) is 24.6 Å². The first kappa shape index (κ1) is 15.4. The number of carbonyl (C=O) groups is 1. The number of halogens is 3. The maximum absolute atomic E-state index is 13.2. The van der Waals surface area contributed by atoms with Gasteiger partial charge < -0.3 is 4.74 Å². The number of rotatable bonds is 5. The van der Waals surface area contributed by atoms with Crippen molar-refractivity contribution in [2.24, 2.45) is 7.05 Å². The lowest BCUT2D eigenvalue weighted by Gasteiger charge is -2.07. The smallest absolute Gasteiger partial charge is 0.366 e. The first-order valence-electron chi connectivity index (χ1n) is 6.13. The first-order chi connectivity index (χ1) is 9.82. The van der Waals surface area contributed by atoms with Crippen molar-refractivity contribution < 1.29 is 18.3 Å². The Bertz CT molecular complexity index is 648. The van der Waals surface area contributed by atoms with Crippen molar-refractivity contribution in [1.29, 1.82) is 0 Å². The van der Waals surface area contributed by atoms with Crippen LogP contribution >= 0.6 is 11.6 Å². The highest BCUT2D eigenvalue weighted by atomic mass is 35.5. The highest BCUT2D eigenvalue weighted by Crippen LogP contribution is 2.32. The molecule has 0 aliphatic carbocycles. The van der Waals surface area contributed by atoms with Crippen LogP contribution in [-0.2, 0) is 28.4 Å². The zero-order chi connectivity index (χ0) is 15.6. The third-order valence-electron chi connectivity index (χ3n) is 2.72. The average molecular weight is 319 g/mol. The second-order valence-electron chi connectivity index (χ2n) is 4.23. The molecule has 0 unspecified atom stereocenters. The zero-order valence-electron chi connectivity index (χ0n) is 11.4. The Kier molecular flexibility index (Phi) is 4.26. The number of nitrogens with zero attached hydrogens (tertiary/aromatic N) is 4. The molecule has 0 fully saturated rings. The average Bonchev–Trinajstić information content (AvgIpc) is 2.95. The topological polar surface area (TPSA) is 61.9 Å². The standard InChI is InChI=1S/C12H13ClF2N4O2/c1-3-21-11(20)7-8-6-9(12(13,14)15)17-19(8)10-4-5-16-18(10)2/h4-6H,3,7H2,1-2H3. The molecule has 0 aliphatic heterocycles. The number of alkyl halides is 3. The van der Waals surface area contributed by atoms with Gasteiger partial charge in [-0.3, -0.25) is 9.48 Å². The monoisotopic (exact) mass is 318 g/mol. The van der Waals surface area contributed by atoms with Crippen LogP contribution in [0.3, 0.4) is 0 Å². The molecule has 0 aliphatic rings. The molecule has 2 aromatic heterocycles. The predicted octanol–water partition coefficient (Wildman–Crippen LogP) is 2.00. The van der Waals surface area contributed by atoms with Gasteiger partial charge in [-0.15, -0.1) is 0 Å². The highest BCUT2D eigenvalue weighted by molar-refractivity contribution is 6.21. The molecule has 0 amide bonds. The molecule has 9 heteroatoms. The molecule has 0 atom stereocenters. The van der Waals surface area contributed by atoms with E-state index in [4.69, 9.17) is 16.3 Å². The fourth-order valence-electron chi connectivity index (χ4n) is 1.82. The lowest BCUT2D eigenvalue weighted by atomic mass is 10.3. The van der Waals surface area contributed by atoms with Crippen LogP contribution in [0.4, 0.5) is 8.78 Å². The summed E-state index contributed by atoms with van der Waals surface area (Å²) in [5.41, 5.74) is -0.392. The number of ether oxygens (including phenoxy) is 1. The summed E-state index contributed by atoms with van der Waals surface area (Å²) < 4.78 is 33.9. The summed E-state index contributed by atoms with van der Waals surface area (Å²) in [4.78, 5) is 11.6. The van der Waals surface area contributed by atoms with Crippen molar-refractivity contribution in [2.45, 2.75) is 18.7 Å². The Morgan fingerprint density at radius 3 is 2.76 bits per heavy atom. The molecule has 21 heavy (non-hydrogen) atoms. The van der Waals surface area contributed by atoms with Gasteiger partial charge in [-0.25, -0.2) is 4.68 Å². The number of hydrogen-bond donors (Lipinski definition) is 0. The first-order valence-corrected chi connectivity index (χ1v) is 6.51. The van der Waals surface area contributed by atoms with Crippen LogP contribution in [0.1, 0.15) is 18.3 Å². The fraction of sp³-hybridized carbons (Fsp3) is 0.417. The molecule has 0 aromatic carbocycles. The van der Waals surface area contributed by atoms with E-state index in [0.29, 0.717) is 5.82 Å². The molecule has 2 rings (SSSR count). The maximum atomic E-state index is 13.2. The normalized spacial score (nSPS) is 11.7. The third kappa shape index (κ3) is 3.38. The summed E-state index contributed by atoms with van der Waals surface area (Å²) in [6, 6.07) is 2.66. The van der Waals surface area contributed by atoms with Gasteiger partial charge in [0, 0.05) is 13.1 Å². The van der Waals surface area contributed by atoms with Crippen LogP contribution in [0.25, 0.3) is 5.82 Å². The zero-order valence-corrected chi connectivity index (χ0v) is 12.1. The summed E-state index contributed by atoms with van der Waals surface area (Å²) in [6.07, 6.45) is 1.29. The van der Waals surface area contributed by atoms with E-state index in [1.54, 1.807) is 20.0 Å². The predicted molar refractivity (Wildman–Crippen MR) is 70.4 cm³/mol. The van der Waals surface area contributed by atoms with Gasteiger partial charge in [0.1, 0.15) is 5.69 Å². The number of hydrogen-bond acceptors (Lipinski definition) is 4. The van der Waals surface area contributed by atoms with Crippen LogP contribution in [0.5, 0.6) is 0 Å². The summed E-state index contributed by atoms with van der Waals surface area (Å²) >= 11 is 4.99. The van der Waals surface area contributed by atoms with E-state index in [9.17, 15) is 13.6 Å². The number of aryl methyl sites for hydroxylation is 1. The Labute approximate surface area is 124 Å². The number of esters is 1. The number of carbonyl (C=O) groups excluding carboxylic acids is 1. The van der Waals surface area contributed by atoms with Gasteiger partial charge in [-0.2, -0.15) is 19.0 Å². The second kappa shape index (κ2) is 5.80. The van der Waals surface area contributed by atoms with Crippen molar-refractivity contribution in [2.75, 3.05) is 6.61 Å². The van der Waals surface area contributed by atoms with E-state index in [-0.39, 0.29) is 18.7 Å². The minimum Gasteiger partial charge on any atom is -0.466 e. The van der Waals surface area contributed by atoms with Crippen LogP contribution in [0.15, 0.2) is 18.3 Å². The molecule has 0 N–H and O–H groups in total. The molecular weight excluding hydrogens is 306 g/mol. The molecule has 0 saturated carbocycles. The van der Waals surface area contributed by atoms with Crippen molar-refractivity contribution in [3.8, 4) is 5.82 Å². The van der Waals surface area contributed by atoms with Crippen molar-refractivity contribution in [3.05, 3.63) is 29.7 Å². The van der Waals surface area contributed by atoms with E-state index in [1.165, 1.54) is 15.6 Å². The van der Waals surface area contributed by atoms with Gasteiger partial charge >= 0.3 is 11.4 Å². The summed E-state index contributed by atoms with van der Waals surface area (Å²) in [6.45, 7) is 1.87. The van der Waals surface area contributed by atoms with Crippen molar-refractivity contribution in [3.63, 3.8) is 0 Å². The van der Waals surface area contributed by atoms with Gasteiger partial charge in [-0.1, -0.05) is 0 Å². The SMILES string of the molecule is CCOC(=O)Cc1cc(C(F)(F)Cl)nn1-c1ccnn1C. The largest absolute Gasteiger partial charge is 0.466 e. The van der Waals surface area contributed by atoms with Crippen molar-refractivity contribution >= 4 is 17.6 Å². The van der Waals surface area contributed by atoms with Crippen LogP contribution < -0.4 is 0 Å². The van der Waals surface area contributed by atoms with Gasteiger partial charge in [0.25, 0.3) is 0 Å². The quantitative estimate of drug-likeness (QED) is 0.625. The molecule has 0 saturated heterocycles. The van der Waals surface area contributed by atoms with Crippen LogP contribution in [-0.4, -0.2) is 32.1 Å². The minimum atomic E-state index is -3.62. The Hall–Kier alpha value is -1.96. The Balaban J connectivity index is 2.44. The van der Waals surface area contributed by atoms with Gasteiger partial charge in [0.15, 0.2) is 5.82 Å². The second-order valence-corrected chi connectivity index (χ2v) is 4.70.